The van der Waals surface area contributed by atoms with Crippen molar-refractivity contribution >= 4 is 26.8 Å². The van der Waals surface area contributed by atoms with Gasteiger partial charge >= 0.3 is 5.97 Å². The van der Waals surface area contributed by atoms with Gasteiger partial charge in [-0.25, -0.2) is 13.2 Å². The van der Waals surface area contributed by atoms with Gasteiger partial charge in [0.2, 0.25) is 10.0 Å². The van der Waals surface area contributed by atoms with Crippen molar-refractivity contribution in [3.8, 4) is 11.1 Å². The zero-order valence-corrected chi connectivity index (χ0v) is 23.2. The Labute approximate surface area is 229 Å². The SMILES string of the molecule is CN(CC(O)CNC(C)(C)Cc1ccc2ccccc2c1)S(=O)(=O)c1ccc(-c2cccc(C(=O)O)c2)cc1. The first-order chi connectivity index (χ1) is 18.4. The Balaban J connectivity index is 1.35. The van der Waals surface area contributed by atoms with Crippen LogP contribution in [0.25, 0.3) is 21.9 Å². The number of aliphatic hydroxyl groups is 1. The summed E-state index contributed by atoms with van der Waals surface area (Å²) in [4.78, 5) is 11.3. The minimum absolute atomic E-state index is 0.0657. The van der Waals surface area contributed by atoms with Gasteiger partial charge in [-0.15, -0.1) is 0 Å². The number of carbonyl (C=O) groups is 1. The second-order valence-corrected chi connectivity index (χ2v) is 12.5. The molecule has 204 valence electrons. The Morgan fingerprint density at radius 3 is 2.28 bits per heavy atom. The Morgan fingerprint density at radius 2 is 1.59 bits per heavy atom. The van der Waals surface area contributed by atoms with Gasteiger partial charge in [0.15, 0.2) is 0 Å². The van der Waals surface area contributed by atoms with Crippen LogP contribution in [0.4, 0.5) is 0 Å². The number of nitrogens with one attached hydrogen (secondary N) is 1. The summed E-state index contributed by atoms with van der Waals surface area (Å²) in [6.07, 6.45) is -0.154. The lowest BCUT2D eigenvalue weighted by atomic mass is 9.93. The van der Waals surface area contributed by atoms with E-state index in [1.54, 1.807) is 30.3 Å². The van der Waals surface area contributed by atoms with Crippen molar-refractivity contribution in [2.45, 2.75) is 36.8 Å². The van der Waals surface area contributed by atoms with E-state index in [0.717, 1.165) is 10.7 Å². The molecule has 0 saturated carbocycles. The summed E-state index contributed by atoms with van der Waals surface area (Å²) in [6, 6.07) is 27.3. The van der Waals surface area contributed by atoms with E-state index >= 15 is 0 Å². The summed E-state index contributed by atoms with van der Waals surface area (Å²) in [5, 5.41) is 25.6. The van der Waals surface area contributed by atoms with Crippen LogP contribution in [0.5, 0.6) is 0 Å². The molecule has 39 heavy (non-hydrogen) atoms. The summed E-state index contributed by atoms with van der Waals surface area (Å²) < 4.78 is 27.4. The normalized spacial score (nSPS) is 13.1. The highest BCUT2D eigenvalue weighted by Gasteiger charge is 2.25. The summed E-state index contributed by atoms with van der Waals surface area (Å²) in [5.74, 6) is -1.03. The maximum Gasteiger partial charge on any atom is 0.335 e. The Bertz CT molecular complexity index is 1570. The predicted molar refractivity (Wildman–Crippen MR) is 154 cm³/mol. The molecular formula is C31H34N2O5S. The Kier molecular flexibility index (Phi) is 8.51. The number of aliphatic hydroxyl groups excluding tert-OH is 1. The van der Waals surface area contributed by atoms with Crippen LogP contribution in [-0.2, 0) is 16.4 Å². The number of hydrogen-bond donors (Lipinski definition) is 3. The molecule has 0 amide bonds. The van der Waals surface area contributed by atoms with Gasteiger partial charge in [-0.1, -0.05) is 66.7 Å². The van der Waals surface area contributed by atoms with Gasteiger partial charge in [-0.05, 0) is 72.0 Å². The number of carboxylic acid groups (broad SMARTS) is 1. The van der Waals surface area contributed by atoms with Crippen molar-refractivity contribution in [2.24, 2.45) is 0 Å². The first-order valence-corrected chi connectivity index (χ1v) is 14.2. The average molecular weight is 547 g/mol. The van der Waals surface area contributed by atoms with E-state index in [1.165, 1.54) is 41.6 Å². The van der Waals surface area contributed by atoms with E-state index in [1.807, 2.05) is 12.1 Å². The molecule has 0 heterocycles. The Morgan fingerprint density at radius 1 is 0.897 bits per heavy atom. The number of sulfonamides is 1. The maximum atomic E-state index is 13.1. The van der Waals surface area contributed by atoms with Crippen molar-refractivity contribution in [3.63, 3.8) is 0 Å². The third-order valence-corrected chi connectivity index (χ3v) is 8.59. The number of benzene rings is 4. The number of likely N-dealkylation sites (N-methyl/N-ethyl adjacent to an activating group) is 1. The minimum Gasteiger partial charge on any atom is -0.478 e. The van der Waals surface area contributed by atoms with Crippen LogP contribution in [0, 0.1) is 0 Å². The smallest absolute Gasteiger partial charge is 0.335 e. The van der Waals surface area contributed by atoms with E-state index in [4.69, 9.17) is 0 Å². The van der Waals surface area contributed by atoms with Gasteiger partial charge in [-0.3, -0.25) is 0 Å². The lowest BCUT2D eigenvalue weighted by molar-refractivity contribution is 0.0697. The molecule has 1 atom stereocenters. The van der Waals surface area contributed by atoms with Gasteiger partial charge in [0.05, 0.1) is 16.6 Å². The van der Waals surface area contributed by atoms with Crippen molar-refractivity contribution in [2.75, 3.05) is 20.1 Å². The fourth-order valence-corrected chi connectivity index (χ4v) is 5.81. The number of hydrogen-bond acceptors (Lipinski definition) is 5. The van der Waals surface area contributed by atoms with E-state index in [0.29, 0.717) is 11.1 Å². The summed E-state index contributed by atoms with van der Waals surface area (Å²) in [7, 11) is -2.38. The van der Waals surface area contributed by atoms with Gasteiger partial charge < -0.3 is 15.5 Å². The van der Waals surface area contributed by atoms with Crippen molar-refractivity contribution in [3.05, 3.63) is 102 Å². The number of carboxylic acids is 1. The number of β-amino-alcohol motifs (C(OH)–C–C–N with tert-alkyl or cyclic N) is 1. The predicted octanol–water partition coefficient (Wildman–Crippen LogP) is 4.80. The molecule has 4 rings (SSSR count). The lowest BCUT2D eigenvalue weighted by Crippen LogP contribution is -2.47. The molecule has 7 nitrogen and oxygen atoms in total. The quantitative estimate of drug-likeness (QED) is 0.250. The molecule has 0 saturated heterocycles. The number of nitrogens with zero attached hydrogens (tertiary/aromatic N) is 1. The summed E-state index contributed by atoms with van der Waals surface area (Å²) in [5.41, 5.74) is 2.41. The van der Waals surface area contributed by atoms with Crippen LogP contribution in [0.2, 0.25) is 0 Å². The lowest BCUT2D eigenvalue weighted by Gasteiger charge is -2.29. The second-order valence-electron chi connectivity index (χ2n) is 10.5. The largest absolute Gasteiger partial charge is 0.478 e. The van der Waals surface area contributed by atoms with Crippen LogP contribution in [0.15, 0.2) is 95.9 Å². The molecule has 4 aromatic rings. The zero-order chi connectivity index (χ0) is 28.2. The molecular weight excluding hydrogens is 512 g/mol. The summed E-state index contributed by atoms with van der Waals surface area (Å²) in [6.45, 7) is 4.29. The Hall–Kier alpha value is -3.56. The van der Waals surface area contributed by atoms with Crippen LogP contribution in [0.1, 0.15) is 29.8 Å². The first-order valence-electron chi connectivity index (χ1n) is 12.8. The highest BCUT2D eigenvalue weighted by molar-refractivity contribution is 7.89. The molecule has 0 fully saturated rings. The fraction of sp³-hybridized carbons (Fsp3) is 0.258. The topological polar surface area (TPSA) is 107 Å². The third kappa shape index (κ3) is 7.10. The van der Waals surface area contributed by atoms with Crippen molar-refractivity contribution in [1.29, 1.82) is 0 Å². The highest BCUT2D eigenvalue weighted by Crippen LogP contribution is 2.24. The number of aromatic carboxylic acids is 1. The van der Waals surface area contributed by atoms with E-state index in [2.05, 4.69) is 49.5 Å². The average Bonchev–Trinajstić information content (AvgIpc) is 2.92. The molecule has 8 heteroatoms. The van der Waals surface area contributed by atoms with Crippen LogP contribution in [-0.4, -0.2) is 60.7 Å². The van der Waals surface area contributed by atoms with E-state index in [9.17, 15) is 23.4 Å². The molecule has 1 unspecified atom stereocenters. The fourth-order valence-electron chi connectivity index (χ4n) is 4.61. The molecule has 0 bridgehead atoms. The monoisotopic (exact) mass is 546 g/mol. The molecule has 0 aliphatic heterocycles. The van der Waals surface area contributed by atoms with Gasteiger partial charge in [-0.2, -0.15) is 4.31 Å². The van der Waals surface area contributed by atoms with E-state index < -0.39 is 22.1 Å². The molecule has 0 spiro atoms. The number of fused-ring (bicyclic) bond motifs is 1. The molecule has 0 radical (unpaired) electrons. The maximum absolute atomic E-state index is 13.1. The second kappa shape index (κ2) is 11.7. The van der Waals surface area contributed by atoms with Crippen molar-refractivity contribution in [1.82, 2.24) is 9.62 Å². The molecule has 4 aromatic carbocycles. The summed E-state index contributed by atoms with van der Waals surface area (Å²) >= 11 is 0. The molecule has 3 N–H and O–H groups in total. The van der Waals surface area contributed by atoms with Crippen LogP contribution >= 0.6 is 0 Å². The third-order valence-electron chi connectivity index (χ3n) is 6.75. The highest BCUT2D eigenvalue weighted by atomic mass is 32.2. The molecule has 0 aromatic heterocycles. The zero-order valence-electron chi connectivity index (χ0n) is 22.3. The first kappa shape index (κ1) is 28.4. The van der Waals surface area contributed by atoms with Crippen molar-refractivity contribution < 1.29 is 23.4 Å². The van der Waals surface area contributed by atoms with Crippen LogP contribution in [0.3, 0.4) is 0 Å². The minimum atomic E-state index is -3.83. The van der Waals surface area contributed by atoms with Gasteiger partial charge in [0.25, 0.3) is 0 Å². The van der Waals surface area contributed by atoms with E-state index in [-0.39, 0.29) is 29.1 Å². The number of rotatable bonds is 11. The molecule has 0 aliphatic rings. The van der Waals surface area contributed by atoms with Gasteiger partial charge in [0, 0.05) is 25.7 Å². The van der Waals surface area contributed by atoms with Crippen LogP contribution < -0.4 is 5.32 Å². The van der Waals surface area contributed by atoms with Gasteiger partial charge in [0.1, 0.15) is 0 Å². The standard InChI is InChI=1S/C31H34N2O5S/c1-31(2,19-22-11-12-23-7-4-5-8-25(23)17-22)32-20-28(34)21-33(3)39(37,38)29-15-13-24(14-16-29)26-9-6-10-27(18-26)30(35)36/h4-18,28,32,34H,19-21H2,1-3H3,(H,35,36). The molecule has 0 aliphatic carbocycles.